The molecule has 0 spiro atoms. The predicted molar refractivity (Wildman–Crippen MR) is 60.0 cm³/mol. The van der Waals surface area contributed by atoms with Crippen LogP contribution in [0.4, 0.5) is 0 Å². The number of hydrogen-bond donors (Lipinski definition) is 2. The van der Waals surface area contributed by atoms with Gasteiger partial charge in [-0.1, -0.05) is 41.0 Å². The average molecular weight is 202 g/mol. The molecule has 3 atom stereocenters. The van der Waals surface area contributed by atoms with Gasteiger partial charge in [-0.2, -0.15) is 0 Å². The van der Waals surface area contributed by atoms with E-state index in [1.807, 2.05) is 0 Å². The first-order valence-corrected chi connectivity index (χ1v) is 5.74. The van der Waals surface area contributed by atoms with E-state index in [9.17, 15) is 10.2 Å². The monoisotopic (exact) mass is 202 g/mol. The Kier molecular flexibility index (Phi) is 6.38. The van der Waals surface area contributed by atoms with Crippen molar-refractivity contribution in [2.75, 3.05) is 6.61 Å². The van der Waals surface area contributed by atoms with Crippen LogP contribution in [-0.2, 0) is 0 Å². The number of aliphatic hydroxyl groups excluding tert-OH is 2. The van der Waals surface area contributed by atoms with Crippen LogP contribution in [-0.4, -0.2) is 22.9 Å². The van der Waals surface area contributed by atoms with Crippen molar-refractivity contribution in [2.24, 2.45) is 23.7 Å². The molecule has 0 radical (unpaired) electrons. The van der Waals surface area contributed by atoms with E-state index in [4.69, 9.17) is 0 Å². The van der Waals surface area contributed by atoms with Crippen molar-refractivity contribution in [3.05, 3.63) is 0 Å². The maximum Gasteiger partial charge on any atom is 0.0623 e. The van der Waals surface area contributed by atoms with Gasteiger partial charge in [0, 0.05) is 12.5 Å². The molecular weight excluding hydrogens is 176 g/mol. The average Bonchev–Trinajstić information content (AvgIpc) is 2.04. The van der Waals surface area contributed by atoms with E-state index < -0.39 is 0 Å². The second-order valence-electron chi connectivity index (χ2n) is 4.90. The minimum Gasteiger partial charge on any atom is -0.396 e. The van der Waals surface area contributed by atoms with E-state index in [0.29, 0.717) is 17.8 Å². The molecule has 0 saturated heterocycles. The lowest BCUT2D eigenvalue weighted by Crippen LogP contribution is -2.36. The van der Waals surface area contributed by atoms with Gasteiger partial charge in [0.15, 0.2) is 0 Å². The van der Waals surface area contributed by atoms with Crippen LogP contribution in [0.25, 0.3) is 0 Å². The van der Waals surface area contributed by atoms with Crippen LogP contribution in [0.5, 0.6) is 0 Å². The fourth-order valence-electron chi connectivity index (χ4n) is 2.14. The molecule has 2 N–H and O–H groups in total. The van der Waals surface area contributed by atoms with Gasteiger partial charge in [0.25, 0.3) is 0 Å². The highest BCUT2D eigenvalue weighted by molar-refractivity contribution is 4.79. The Morgan fingerprint density at radius 3 is 1.57 bits per heavy atom. The van der Waals surface area contributed by atoms with Crippen LogP contribution in [0, 0.1) is 23.7 Å². The quantitative estimate of drug-likeness (QED) is 0.694. The topological polar surface area (TPSA) is 40.5 Å². The molecule has 86 valence electrons. The summed E-state index contributed by atoms with van der Waals surface area (Å²) in [4.78, 5) is 0. The molecule has 0 aromatic carbocycles. The summed E-state index contributed by atoms with van der Waals surface area (Å²) in [6.07, 6.45) is 0.604. The van der Waals surface area contributed by atoms with E-state index >= 15 is 0 Å². The van der Waals surface area contributed by atoms with Gasteiger partial charge in [-0.25, -0.2) is 0 Å². The summed E-state index contributed by atoms with van der Waals surface area (Å²) < 4.78 is 0. The predicted octanol–water partition coefficient (Wildman–Crippen LogP) is 2.29. The van der Waals surface area contributed by atoms with E-state index in [2.05, 4.69) is 34.6 Å². The Balaban J connectivity index is 4.44. The van der Waals surface area contributed by atoms with Gasteiger partial charge in [-0.05, 0) is 17.8 Å². The Morgan fingerprint density at radius 1 is 0.929 bits per heavy atom. The molecule has 2 nitrogen and oxygen atoms in total. The van der Waals surface area contributed by atoms with Gasteiger partial charge < -0.3 is 10.2 Å². The van der Waals surface area contributed by atoms with Crippen LogP contribution < -0.4 is 0 Å². The lowest BCUT2D eigenvalue weighted by molar-refractivity contribution is -0.0141. The molecule has 2 heteroatoms. The van der Waals surface area contributed by atoms with Gasteiger partial charge >= 0.3 is 0 Å². The van der Waals surface area contributed by atoms with Gasteiger partial charge in [-0.3, -0.25) is 0 Å². The molecule has 0 aromatic heterocycles. The maximum atomic E-state index is 10.1. The molecule has 0 aliphatic carbocycles. The third kappa shape index (κ3) is 3.58. The zero-order valence-corrected chi connectivity index (χ0v) is 10.2. The highest BCUT2D eigenvalue weighted by Crippen LogP contribution is 2.27. The normalized spacial score (nSPS) is 18.6. The van der Waals surface area contributed by atoms with E-state index in [0.717, 1.165) is 6.42 Å². The summed E-state index contributed by atoms with van der Waals surface area (Å²) in [7, 11) is 0. The fraction of sp³-hybridized carbons (Fsp3) is 1.00. The Hall–Kier alpha value is -0.0800. The fourth-order valence-corrected chi connectivity index (χ4v) is 2.14. The molecule has 0 aliphatic heterocycles. The zero-order chi connectivity index (χ0) is 11.3. The van der Waals surface area contributed by atoms with Gasteiger partial charge in [0.05, 0.1) is 6.10 Å². The SMILES string of the molecule is CCC(C(C)C)C(O)C(CO)C(C)C. The highest BCUT2D eigenvalue weighted by Gasteiger charge is 2.29. The molecular formula is C12H26O2. The lowest BCUT2D eigenvalue weighted by atomic mass is 9.78. The van der Waals surface area contributed by atoms with Crippen molar-refractivity contribution < 1.29 is 10.2 Å². The van der Waals surface area contributed by atoms with Crippen molar-refractivity contribution in [3.63, 3.8) is 0 Å². The molecule has 3 unspecified atom stereocenters. The summed E-state index contributed by atoms with van der Waals surface area (Å²) in [5.74, 6) is 1.13. The third-order valence-electron chi connectivity index (χ3n) is 3.27. The minimum atomic E-state index is -0.370. The van der Waals surface area contributed by atoms with Crippen molar-refractivity contribution in [3.8, 4) is 0 Å². The first-order valence-electron chi connectivity index (χ1n) is 5.74. The summed E-state index contributed by atoms with van der Waals surface area (Å²) in [6.45, 7) is 10.6. The molecule has 0 amide bonds. The summed E-state index contributed by atoms with van der Waals surface area (Å²) in [6, 6.07) is 0. The molecule has 0 aliphatic rings. The molecule has 0 aromatic rings. The van der Waals surface area contributed by atoms with Crippen LogP contribution in [0.1, 0.15) is 41.0 Å². The van der Waals surface area contributed by atoms with Crippen molar-refractivity contribution >= 4 is 0 Å². The van der Waals surface area contributed by atoms with Crippen LogP contribution >= 0.6 is 0 Å². The Bertz CT molecular complexity index is 127. The van der Waals surface area contributed by atoms with E-state index in [-0.39, 0.29) is 18.6 Å². The molecule has 14 heavy (non-hydrogen) atoms. The second kappa shape index (κ2) is 6.41. The molecule has 0 heterocycles. The summed E-state index contributed by atoms with van der Waals surface area (Å²) >= 11 is 0. The van der Waals surface area contributed by atoms with E-state index in [1.54, 1.807) is 0 Å². The molecule has 0 fully saturated rings. The Labute approximate surface area is 88.3 Å². The molecule has 0 bridgehead atoms. The van der Waals surface area contributed by atoms with Crippen LogP contribution in [0.15, 0.2) is 0 Å². The van der Waals surface area contributed by atoms with Gasteiger partial charge in [0.1, 0.15) is 0 Å². The minimum absolute atomic E-state index is 0.0161. The van der Waals surface area contributed by atoms with Crippen LogP contribution in [0.2, 0.25) is 0 Å². The molecule has 0 rings (SSSR count). The smallest absolute Gasteiger partial charge is 0.0623 e. The zero-order valence-electron chi connectivity index (χ0n) is 10.2. The third-order valence-corrected chi connectivity index (χ3v) is 3.27. The Morgan fingerprint density at radius 2 is 1.36 bits per heavy atom. The first-order chi connectivity index (χ1) is 6.45. The number of rotatable bonds is 6. The van der Waals surface area contributed by atoms with Crippen LogP contribution in [0.3, 0.4) is 0 Å². The van der Waals surface area contributed by atoms with Gasteiger partial charge in [-0.15, -0.1) is 0 Å². The largest absolute Gasteiger partial charge is 0.396 e. The standard InChI is InChI=1S/C12H26O2/c1-6-10(8(2)3)12(14)11(7-13)9(4)5/h8-14H,6-7H2,1-5H3. The lowest BCUT2D eigenvalue weighted by Gasteiger charge is -2.32. The second-order valence-corrected chi connectivity index (χ2v) is 4.90. The summed E-state index contributed by atoms with van der Waals surface area (Å²) in [5, 5.41) is 19.4. The van der Waals surface area contributed by atoms with Crippen molar-refractivity contribution in [2.45, 2.75) is 47.1 Å². The van der Waals surface area contributed by atoms with Gasteiger partial charge in [0.2, 0.25) is 0 Å². The first kappa shape index (κ1) is 13.9. The van der Waals surface area contributed by atoms with Crippen molar-refractivity contribution in [1.29, 1.82) is 0 Å². The summed E-state index contributed by atoms with van der Waals surface area (Å²) in [5.41, 5.74) is 0. The highest BCUT2D eigenvalue weighted by atomic mass is 16.3. The van der Waals surface area contributed by atoms with E-state index in [1.165, 1.54) is 0 Å². The number of hydrogen-bond acceptors (Lipinski definition) is 2. The molecule has 0 saturated carbocycles. The number of aliphatic hydroxyl groups is 2. The van der Waals surface area contributed by atoms with Crippen molar-refractivity contribution in [1.82, 2.24) is 0 Å². The maximum absolute atomic E-state index is 10.1.